The Morgan fingerprint density at radius 2 is 1.91 bits per heavy atom. The highest BCUT2D eigenvalue weighted by atomic mass is 35.5. The molecule has 0 bridgehead atoms. The summed E-state index contributed by atoms with van der Waals surface area (Å²) in [6, 6.07) is 5.33. The van der Waals surface area contributed by atoms with E-state index in [1.165, 1.54) is 44.7 Å². The Bertz CT molecular complexity index is 795. The van der Waals surface area contributed by atoms with Gasteiger partial charge in [0, 0.05) is 18.3 Å². The lowest BCUT2D eigenvalue weighted by Gasteiger charge is -2.14. The van der Waals surface area contributed by atoms with E-state index >= 15 is 0 Å². The highest BCUT2D eigenvalue weighted by Gasteiger charge is 2.24. The van der Waals surface area contributed by atoms with Crippen LogP contribution in [0, 0.1) is 0 Å². The molecule has 9 heteroatoms. The number of nitrogens with zero attached hydrogens (tertiary/aromatic N) is 1. The molecule has 0 spiro atoms. The second-order valence-corrected chi connectivity index (χ2v) is 6.17. The molecular weight excluding hydrogens is 332 g/mol. The summed E-state index contributed by atoms with van der Waals surface area (Å²) < 4.78 is 37.2. The molecule has 118 valence electrons. The van der Waals surface area contributed by atoms with Gasteiger partial charge in [-0.25, -0.2) is 13.4 Å². The summed E-state index contributed by atoms with van der Waals surface area (Å²) in [5.74, 6) is -0.286. The topological polar surface area (TPSA) is 97.8 Å². The molecule has 1 aromatic heterocycles. The maximum atomic E-state index is 12.5. The van der Waals surface area contributed by atoms with Gasteiger partial charge >= 0.3 is 0 Å². The lowest BCUT2D eigenvalue weighted by atomic mass is 10.3. The van der Waals surface area contributed by atoms with Crippen LogP contribution >= 0.6 is 11.6 Å². The highest BCUT2D eigenvalue weighted by molar-refractivity contribution is 7.92. The van der Waals surface area contributed by atoms with E-state index in [4.69, 9.17) is 21.1 Å². The number of anilines is 1. The number of nitrogens with one attached hydrogen (secondary N) is 1. The number of sulfonamides is 1. The Kier molecular flexibility index (Phi) is 4.62. The van der Waals surface area contributed by atoms with Gasteiger partial charge in [-0.2, -0.15) is 0 Å². The van der Waals surface area contributed by atoms with Gasteiger partial charge in [0.25, 0.3) is 10.0 Å². The molecule has 2 N–H and O–H groups in total. The first-order chi connectivity index (χ1) is 10.4. The van der Waals surface area contributed by atoms with Crippen LogP contribution in [0.15, 0.2) is 35.4 Å². The maximum absolute atomic E-state index is 12.5. The molecular formula is C13H13ClN2O5S. The zero-order valence-electron chi connectivity index (χ0n) is 11.7. The van der Waals surface area contributed by atoms with Crippen molar-refractivity contribution in [1.29, 1.82) is 0 Å². The van der Waals surface area contributed by atoms with Crippen molar-refractivity contribution in [3.63, 3.8) is 0 Å². The van der Waals surface area contributed by atoms with E-state index in [9.17, 15) is 13.5 Å². The number of hydrogen-bond donors (Lipinski definition) is 2. The number of pyridine rings is 1. The van der Waals surface area contributed by atoms with Crippen LogP contribution < -0.4 is 14.2 Å². The van der Waals surface area contributed by atoms with Crippen LogP contribution in [0.5, 0.6) is 17.2 Å². The average Bonchev–Trinajstić information content (AvgIpc) is 2.48. The monoisotopic (exact) mass is 344 g/mol. The molecule has 2 aromatic rings. The van der Waals surface area contributed by atoms with E-state index in [-0.39, 0.29) is 33.0 Å². The molecule has 0 radical (unpaired) electrons. The zero-order chi connectivity index (χ0) is 16.3. The number of ether oxygens (including phenoxy) is 2. The molecule has 0 atom stereocenters. The molecule has 0 aliphatic rings. The predicted octanol–water partition coefficient (Wildman–Crippen LogP) is 2.26. The molecule has 0 aliphatic carbocycles. The van der Waals surface area contributed by atoms with E-state index in [1.54, 1.807) is 0 Å². The summed E-state index contributed by atoms with van der Waals surface area (Å²) in [7, 11) is -1.39. The molecule has 22 heavy (non-hydrogen) atoms. The van der Waals surface area contributed by atoms with Crippen LogP contribution in [0.1, 0.15) is 0 Å². The number of methoxy groups -OCH3 is 2. The average molecular weight is 345 g/mol. The number of halogens is 1. The van der Waals surface area contributed by atoms with Crippen molar-refractivity contribution >= 4 is 27.4 Å². The fraction of sp³-hybridized carbons (Fsp3) is 0.154. The molecule has 0 amide bonds. The van der Waals surface area contributed by atoms with Gasteiger partial charge in [0.1, 0.15) is 16.4 Å². The first-order valence-electron chi connectivity index (χ1n) is 5.97. The van der Waals surface area contributed by atoms with E-state index in [0.29, 0.717) is 0 Å². The van der Waals surface area contributed by atoms with Crippen LogP contribution in [0.25, 0.3) is 0 Å². The minimum Gasteiger partial charge on any atom is -0.504 e. The summed E-state index contributed by atoms with van der Waals surface area (Å²) >= 11 is 5.94. The second kappa shape index (κ2) is 6.29. The van der Waals surface area contributed by atoms with Gasteiger partial charge in [-0.05, 0) is 12.1 Å². The third kappa shape index (κ3) is 3.18. The van der Waals surface area contributed by atoms with Crippen molar-refractivity contribution in [2.24, 2.45) is 0 Å². The molecule has 7 nitrogen and oxygen atoms in total. The lowest BCUT2D eigenvalue weighted by Crippen LogP contribution is -2.15. The molecule has 1 aromatic carbocycles. The summed E-state index contributed by atoms with van der Waals surface area (Å²) in [6.45, 7) is 0. The third-order valence-electron chi connectivity index (χ3n) is 2.75. The fourth-order valence-electron chi connectivity index (χ4n) is 1.70. The van der Waals surface area contributed by atoms with Crippen LogP contribution in [-0.2, 0) is 10.0 Å². The zero-order valence-corrected chi connectivity index (χ0v) is 13.3. The van der Waals surface area contributed by atoms with Gasteiger partial charge in [0.05, 0.1) is 19.2 Å². The molecule has 0 saturated carbocycles. The molecule has 0 saturated heterocycles. The maximum Gasteiger partial charge on any atom is 0.266 e. The molecule has 2 rings (SSSR count). The van der Waals surface area contributed by atoms with E-state index < -0.39 is 10.0 Å². The SMILES string of the molecule is COc1cc(S(=O)(=O)Nc2ncccc2O)c(OC)cc1Cl. The summed E-state index contributed by atoms with van der Waals surface area (Å²) in [5, 5.41) is 9.83. The van der Waals surface area contributed by atoms with Gasteiger partial charge in [-0.15, -0.1) is 0 Å². The van der Waals surface area contributed by atoms with Gasteiger partial charge < -0.3 is 14.6 Å². The first-order valence-corrected chi connectivity index (χ1v) is 7.83. The Balaban J connectivity index is 2.51. The Hall–Kier alpha value is -2.19. The van der Waals surface area contributed by atoms with Crippen molar-refractivity contribution in [3.05, 3.63) is 35.5 Å². The van der Waals surface area contributed by atoms with Crippen molar-refractivity contribution in [3.8, 4) is 17.2 Å². The Morgan fingerprint density at radius 3 is 2.50 bits per heavy atom. The minimum atomic E-state index is -4.06. The van der Waals surface area contributed by atoms with E-state index in [0.717, 1.165) is 0 Å². The van der Waals surface area contributed by atoms with Crippen molar-refractivity contribution in [2.45, 2.75) is 4.90 Å². The molecule has 0 unspecified atom stereocenters. The predicted molar refractivity (Wildman–Crippen MR) is 81.3 cm³/mol. The molecule has 1 heterocycles. The van der Waals surface area contributed by atoms with Gasteiger partial charge in [-0.1, -0.05) is 11.6 Å². The molecule has 0 fully saturated rings. The van der Waals surface area contributed by atoms with Crippen molar-refractivity contribution in [2.75, 3.05) is 18.9 Å². The summed E-state index contributed by atoms with van der Waals surface area (Å²) in [6.07, 6.45) is 1.34. The Morgan fingerprint density at radius 1 is 1.23 bits per heavy atom. The number of benzene rings is 1. The number of rotatable bonds is 5. The number of hydrogen-bond acceptors (Lipinski definition) is 6. The summed E-state index contributed by atoms with van der Waals surface area (Å²) in [4.78, 5) is 3.57. The fourth-order valence-corrected chi connectivity index (χ4v) is 3.12. The van der Waals surface area contributed by atoms with Crippen LogP contribution in [0.2, 0.25) is 5.02 Å². The van der Waals surface area contributed by atoms with Gasteiger partial charge in [0.2, 0.25) is 0 Å². The molecule has 0 aliphatic heterocycles. The quantitative estimate of drug-likeness (QED) is 0.863. The van der Waals surface area contributed by atoms with Crippen molar-refractivity contribution in [1.82, 2.24) is 4.98 Å². The Labute approximate surface area is 132 Å². The van der Waals surface area contributed by atoms with Crippen LogP contribution in [0.4, 0.5) is 5.82 Å². The smallest absolute Gasteiger partial charge is 0.266 e. The third-order valence-corrected chi connectivity index (χ3v) is 4.40. The van der Waals surface area contributed by atoms with Crippen LogP contribution in [0.3, 0.4) is 0 Å². The lowest BCUT2D eigenvalue weighted by molar-refractivity contribution is 0.392. The summed E-state index contributed by atoms with van der Waals surface area (Å²) in [5.41, 5.74) is 0. The minimum absolute atomic E-state index is 0.0359. The van der Waals surface area contributed by atoms with E-state index in [1.807, 2.05) is 0 Å². The normalized spacial score (nSPS) is 11.0. The highest BCUT2D eigenvalue weighted by Crippen LogP contribution is 2.36. The number of aromatic nitrogens is 1. The van der Waals surface area contributed by atoms with E-state index in [2.05, 4.69) is 9.71 Å². The first kappa shape index (κ1) is 16.2. The van der Waals surface area contributed by atoms with Gasteiger partial charge in [-0.3, -0.25) is 4.72 Å². The van der Waals surface area contributed by atoms with Crippen LogP contribution in [-0.4, -0.2) is 32.7 Å². The largest absolute Gasteiger partial charge is 0.504 e. The standard InChI is InChI=1S/C13H13ClN2O5S/c1-20-10-7-12(11(21-2)6-8(10)14)22(18,19)16-13-9(17)4-3-5-15-13/h3-7,17H,1-2H3,(H,15,16). The number of aromatic hydroxyl groups is 1. The second-order valence-electron chi connectivity index (χ2n) is 4.11. The van der Waals surface area contributed by atoms with Crippen molar-refractivity contribution < 1.29 is 23.0 Å². The van der Waals surface area contributed by atoms with Gasteiger partial charge in [0.15, 0.2) is 11.6 Å².